The van der Waals surface area contributed by atoms with Crippen LogP contribution >= 0.6 is 0 Å². The molecule has 3 saturated heterocycles. The van der Waals surface area contributed by atoms with Crippen LogP contribution in [0, 0.1) is 11.3 Å². The topological polar surface area (TPSA) is 53.0 Å². The van der Waals surface area contributed by atoms with E-state index in [1.165, 1.54) is 5.56 Å². The zero-order chi connectivity index (χ0) is 23.4. The van der Waals surface area contributed by atoms with Crippen molar-refractivity contribution in [2.24, 2.45) is 11.3 Å². The first-order valence-corrected chi connectivity index (χ1v) is 12.4. The highest BCUT2D eigenvalue weighted by Gasteiger charge is 2.57. The fourth-order valence-corrected chi connectivity index (χ4v) is 6.76. The zero-order valence-corrected chi connectivity index (χ0v) is 19.1. The van der Waals surface area contributed by atoms with E-state index in [-0.39, 0.29) is 23.2 Å². The number of hydrogen-bond donors (Lipinski definition) is 1. The molecule has 1 amide bonds. The number of aryl methyl sites for hydroxylation is 1. The molecule has 1 unspecified atom stereocenters. The fourth-order valence-electron chi connectivity index (χ4n) is 6.76. The predicted molar refractivity (Wildman–Crippen MR) is 124 cm³/mol. The average Bonchev–Trinajstić information content (AvgIpc) is 3.61. The van der Waals surface area contributed by atoms with E-state index in [0.29, 0.717) is 5.92 Å². The number of ether oxygens (including phenoxy) is 1. The first-order valence-electron chi connectivity index (χ1n) is 12.4. The predicted octanol–water partition coefficient (Wildman–Crippen LogP) is 5.80. The van der Waals surface area contributed by atoms with E-state index in [2.05, 4.69) is 27.8 Å². The molecule has 1 spiro atoms. The molecule has 3 aliphatic heterocycles. The molecule has 2 aromatic rings. The zero-order valence-electron chi connectivity index (χ0n) is 19.1. The van der Waals surface area contributed by atoms with Crippen molar-refractivity contribution in [3.8, 4) is 16.9 Å². The molecule has 1 saturated carbocycles. The van der Waals surface area contributed by atoms with E-state index >= 15 is 0 Å². The van der Waals surface area contributed by atoms with Crippen LogP contribution in [-0.2, 0) is 6.42 Å². The van der Waals surface area contributed by atoms with Gasteiger partial charge in [0, 0.05) is 6.54 Å². The number of alkyl halides is 2. The Morgan fingerprint density at radius 3 is 2.35 bits per heavy atom. The molecule has 2 aromatic carbocycles. The van der Waals surface area contributed by atoms with E-state index in [1.807, 2.05) is 4.90 Å². The molecule has 2 aliphatic carbocycles. The Bertz CT molecular complexity index is 1080. The number of carbonyl (C=O) groups is 1. The van der Waals surface area contributed by atoms with Gasteiger partial charge in [0.15, 0.2) is 0 Å². The van der Waals surface area contributed by atoms with Gasteiger partial charge >= 0.3 is 12.7 Å². The van der Waals surface area contributed by atoms with Gasteiger partial charge in [0.1, 0.15) is 5.75 Å². The normalized spacial score (nSPS) is 28.6. The Kier molecular flexibility index (Phi) is 5.28. The van der Waals surface area contributed by atoms with Gasteiger partial charge in [0.05, 0.1) is 12.1 Å². The highest BCUT2D eigenvalue weighted by Crippen LogP contribution is 2.64. The summed E-state index contributed by atoms with van der Waals surface area (Å²) in [5.74, 6) is 0.568. The van der Waals surface area contributed by atoms with Gasteiger partial charge in [-0.25, -0.2) is 4.79 Å². The summed E-state index contributed by atoms with van der Waals surface area (Å²) >= 11 is 0. The summed E-state index contributed by atoms with van der Waals surface area (Å²) in [6.45, 7) is 0.148. The maximum absolute atomic E-state index is 12.8. The third kappa shape index (κ3) is 3.74. The number of fused-ring (bicyclic) bond motifs is 4. The van der Waals surface area contributed by atoms with E-state index in [9.17, 15) is 18.7 Å². The molecule has 5 nitrogen and oxygen atoms in total. The highest BCUT2D eigenvalue weighted by molar-refractivity contribution is 5.70. The standard InChI is InChI=1S/C27H30F2N2O3/c28-25(29)34-21-5-3-17(4-6-21)20-2-1-18-7-10-27(11-12-27)24(22(18)15-20)31(26(32)33)23-16-30-13-8-19(23)9-14-30/h1-6,15,19,23-25H,7-14,16H2,(H,32,33)/t23?,24-/m1/s1. The molecule has 5 aliphatic rings. The molecule has 0 radical (unpaired) electrons. The first kappa shape index (κ1) is 21.8. The van der Waals surface area contributed by atoms with Crippen molar-refractivity contribution < 1.29 is 23.4 Å². The largest absolute Gasteiger partial charge is 0.465 e. The van der Waals surface area contributed by atoms with Crippen molar-refractivity contribution in [1.29, 1.82) is 0 Å². The van der Waals surface area contributed by atoms with Gasteiger partial charge in [0.2, 0.25) is 0 Å². The molecule has 7 rings (SSSR count). The van der Waals surface area contributed by atoms with E-state index in [4.69, 9.17) is 0 Å². The van der Waals surface area contributed by atoms with Crippen molar-refractivity contribution in [1.82, 2.24) is 9.80 Å². The Morgan fingerprint density at radius 2 is 1.76 bits per heavy atom. The summed E-state index contributed by atoms with van der Waals surface area (Å²) in [4.78, 5) is 17.1. The lowest BCUT2D eigenvalue weighted by Gasteiger charge is -2.52. The van der Waals surface area contributed by atoms with Crippen molar-refractivity contribution in [2.75, 3.05) is 19.6 Å². The second-order valence-electron chi connectivity index (χ2n) is 10.5. The fraction of sp³-hybridized carbons (Fsp3) is 0.519. The molecule has 2 bridgehead atoms. The Hall–Kier alpha value is -2.67. The van der Waals surface area contributed by atoms with Crippen LogP contribution in [0.1, 0.15) is 49.3 Å². The average molecular weight is 469 g/mol. The summed E-state index contributed by atoms with van der Waals surface area (Å²) in [6.07, 6.45) is 5.51. The van der Waals surface area contributed by atoms with Crippen LogP contribution < -0.4 is 4.74 Å². The van der Waals surface area contributed by atoms with Crippen molar-refractivity contribution in [3.05, 3.63) is 53.6 Å². The summed E-state index contributed by atoms with van der Waals surface area (Å²) in [6, 6.07) is 12.9. The maximum atomic E-state index is 12.8. The van der Waals surface area contributed by atoms with Gasteiger partial charge in [-0.15, -0.1) is 0 Å². The molecule has 34 heavy (non-hydrogen) atoms. The smallest absolute Gasteiger partial charge is 0.408 e. The van der Waals surface area contributed by atoms with Crippen LogP contribution in [0.3, 0.4) is 0 Å². The number of benzene rings is 2. The molecular formula is C27H30F2N2O3. The van der Waals surface area contributed by atoms with Gasteiger partial charge in [-0.3, -0.25) is 4.90 Å². The van der Waals surface area contributed by atoms with Crippen molar-refractivity contribution in [2.45, 2.75) is 57.2 Å². The van der Waals surface area contributed by atoms with Crippen LogP contribution in [0.25, 0.3) is 11.1 Å². The van der Waals surface area contributed by atoms with Gasteiger partial charge in [-0.1, -0.05) is 24.3 Å². The van der Waals surface area contributed by atoms with E-state index < -0.39 is 12.7 Å². The Balaban J connectivity index is 1.38. The summed E-state index contributed by atoms with van der Waals surface area (Å²) < 4.78 is 29.5. The quantitative estimate of drug-likeness (QED) is 0.603. The summed E-state index contributed by atoms with van der Waals surface area (Å²) in [7, 11) is 0. The summed E-state index contributed by atoms with van der Waals surface area (Å²) in [5, 5.41) is 10.5. The SMILES string of the molecule is O=C(O)N(C1CN2CCC1CC2)[C@@H]1c2cc(-c3ccc(OC(F)F)cc3)ccc2CCC12CC2. The van der Waals surface area contributed by atoms with Gasteiger partial charge < -0.3 is 14.7 Å². The number of rotatable bonds is 5. The van der Waals surface area contributed by atoms with Crippen LogP contribution in [0.15, 0.2) is 42.5 Å². The number of halogens is 2. The van der Waals surface area contributed by atoms with Crippen molar-refractivity contribution in [3.63, 3.8) is 0 Å². The van der Waals surface area contributed by atoms with Crippen molar-refractivity contribution >= 4 is 6.09 Å². The lowest BCUT2D eigenvalue weighted by atomic mass is 9.73. The molecule has 4 fully saturated rings. The maximum Gasteiger partial charge on any atom is 0.408 e. The Morgan fingerprint density at radius 1 is 1.06 bits per heavy atom. The van der Waals surface area contributed by atoms with Crippen LogP contribution in [0.4, 0.5) is 13.6 Å². The van der Waals surface area contributed by atoms with Crippen LogP contribution in [-0.4, -0.2) is 53.3 Å². The van der Waals surface area contributed by atoms with Gasteiger partial charge in [0.25, 0.3) is 0 Å². The Labute approximate surface area is 198 Å². The number of piperidine rings is 3. The van der Waals surface area contributed by atoms with E-state index in [1.54, 1.807) is 24.3 Å². The van der Waals surface area contributed by atoms with E-state index in [0.717, 1.165) is 74.8 Å². The number of carboxylic acid groups (broad SMARTS) is 1. The molecular weight excluding hydrogens is 438 g/mol. The van der Waals surface area contributed by atoms with Gasteiger partial charge in [-0.05, 0) is 103 Å². The highest BCUT2D eigenvalue weighted by atomic mass is 19.3. The minimum Gasteiger partial charge on any atom is -0.465 e. The van der Waals surface area contributed by atoms with Crippen LogP contribution in [0.2, 0.25) is 0 Å². The third-order valence-electron chi connectivity index (χ3n) is 8.70. The first-order chi connectivity index (χ1) is 16.4. The number of hydrogen-bond acceptors (Lipinski definition) is 3. The summed E-state index contributed by atoms with van der Waals surface area (Å²) in [5.41, 5.74) is 4.29. The molecule has 3 heterocycles. The minimum absolute atomic E-state index is 0.0443. The molecule has 2 atom stereocenters. The van der Waals surface area contributed by atoms with Gasteiger partial charge in [-0.2, -0.15) is 8.78 Å². The second kappa shape index (κ2) is 8.22. The second-order valence-corrected chi connectivity index (χ2v) is 10.5. The number of amides is 1. The number of nitrogens with zero attached hydrogens (tertiary/aromatic N) is 2. The molecule has 7 heteroatoms. The molecule has 180 valence electrons. The minimum atomic E-state index is -2.85. The lowest BCUT2D eigenvalue weighted by molar-refractivity contribution is -0.0498. The third-order valence-corrected chi connectivity index (χ3v) is 8.70. The lowest BCUT2D eigenvalue weighted by Crippen LogP contribution is -2.60. The van der Waals surface area contributed by atoms with Crippen LogP contribution in [0.5, 0.6) is 5.75 Å². The molecule has 0 aromatic heterocycles. The monoisotopic (exact) mass is 468 g/mol. The molecule has 1 N–H and O–H groups in total.